The second kappa shape index (κ2) is 6.59. The van der Waals surface area contributed by atoms with E-state index in [9.17, 15) is 0 Å². The van der Waals surface area contributed by atoms with Crippen LogP contribution in [0.25, 0.3) is 0 Å². The van der Waals surface area contributed by atoms with Gasteiger partial charge in [0.15, 0.2) is 0 Å². The van der Waals surface area contributed by atoms with Crippen molar-refractivity contribution in [1.29, 1.82) is 0 Å². The Labute approximate surface area is 123 Å². The molecular weight excluding hydrogens is 248 g/mol. The van der Waals surface area contributed by atoms with E-state index in [0.717, 1.165) is 30.7 Å². The summed E-state index contributed by atoms with van der Waals surface area (Å²) in [5.74, 6) is 2.46. The maximum atomic E-state index is 6.27. The number of likely N-dealkylation sites (tertiary alicyclic amines) is 1. The average molecular weight is 276 g/mol. The Hall–Kier alpha value is -1.06. The normalized spacial score (nSPS) is 23.0. The van der Waals surface area contributed by atoms with Crippen LogP contribution in [0.15, 0.2) is 24.3 Å². The van der Waals surface area contributed by atoms with E-state index in [2.05, 4.69) is 37.8 Å². The van der Waals surface area contributed by atoms with Crippen LogP contribution in [0.5, 0.6) is 5.75 Å². The fourth-order valence-electron chi connectivity index (χ4n) is 3.26. The largest absolute Gasteiger partial charge is 0.497 e. The monoisotopic (exact) mass is 276 g/mol. The molecule has 3 heteroatoms. The molecule has 0 amide bonds. The predicted molar refractivity (Wildman–Crippen MR) is 83.9 cm³/mol. The summed E-state index contributed by atoms with van der Waals surface area (Å²) in [5, 5.41) is 0. The summed E-state index contributed by atoms with van der Waals surface area (Å²) < 4.78 is 5.24. The second-order valence-electron chi connectivity index (χ2n) is 6.36. The molecule has 0 saturated carbocycles. The number of nitrogens with zero attached hydrogens (tertiary/aromatic N) is 1. The SMILES string of the molecule is COc1ccc(C(C(C)N)N2CCC(C(C)C)C2)cc1. The molecule has 0 spiro atoms. The first-order valence-electron chi connectivity index (χ1n) is 7.66. The first kappa shape index (κ1) is 15.3. The van der Waals surface area contributed by atoms with Crippen molar-refractivity contribution in [3.05, 3.63) is 29.8 Å². The topological polar surface area (TPSA) is 38.5 Å². The number of hydrogen-bond acceptors (Lipinski definition) is 3. The van der Waals surface area contributed by atoms with E-state index in [4.69, 9.17) is 10.5 Å². The third-order valence-electron chi connectivity index (χ3n) is 4.55. The van der Waals surface area contributed by atoms with Gasteiger partial charge in [0.2, 0.25) is 0 Å². The highest BCUT2D eigenvalue weighted by molar-refractivity contribution is 5.30. The van der Waals surface area contributed by atoms with Crippen LogP contribution in [-0.2, 0) is 0 Å². The molecule has 20 heavy (non-hydrogen) atoms. The van der Waals surface area contributed by atoms with Crippen LogP contribution in [0.4, 0.5) is 0 Å². The van der Waals surface area contributed by atoms with Crippen LogP contribution in [0.2, 0.25) is 0 Å². The quantitative estimate of drug-likeness (QED) is 0.898. The van der Waals surface area contributed by atoms with Gasteiger partial charge in [-0.15, -0.1) is 0 Å². The van der Waals surface area contributed by atoms with Gasteiger partial charge >= 0.3 is 0 Å². The Morgan fingerprint density at radius 1 is 1.20 bits per heavy atom. The molecule has 112 valence electrons. The summed E-state index contributed by atoms with van der Waals surface area (Å²) in [4.78, 5) is 2.55. The van der Waals surface area contributed by atoms with E-state index in [1.54, 1.807) is 7.11 Å². The van der Waals surface area contributed by atoms with Gasteiger partial charge in [-0.05, 0) is 49.4 Å². The summed E-state index contributed by atoms with van der Waals surface area (Å²) in [6.45, 7) is 9.07. The number of nitrogens with two attached hydrogens (primary N) is 1. The van der Waals surface area contributed by atoms with Gasteiger partial charge in [0.25, 0.3) is 0 Å². The Balaban J connectivity index is 2.15. The molecule has 3 atom stereocenters. The minimum absolute atomic E-state index is 0.134. The first-order valence-corrected chi connectivity index (χ1v) is 7.66. The van der Waals surface area contributed by atoms with Gasteiger partial charge < -0.3 is 10.5 Å². The van der Waals surface area contributed by atoms with Crippen molar-refractivity contribution in [2.45, 2.75) is 39.3 Å². The van der Waals surface area contributed by atoms with Crippen molar-refractivity contribution in [2.75, 3.05) is 20.2 Å². The van der Waals surface area contributed by atoms with Crippen LogP contribution in [-0.4, -0.2) is 31.1 Å². The van der Waals surface area contributed by atoms with Gasteiger partial charge in [-0.3, -0.25) is 4.90 Å². The molecule has 1 saturated heterocycles. The number of benzene rings is 1. The highest BCUT2D eigenvalue weighted by Crippen LogP contribution is 2.33. The van der Waals surface area contributed by atoms with Crippen molar-refractivity contribution < 1.29 is 4.74 Å². The molecule has 0 radical (unpaired) electrons. The number of methoxy groups -OCH3 is 1. The van der Waals surface area contributed by atoms with E-state index in [0.29, 0.717) is 6.04 Å². The fraction of sp³-hybridized carbons (Fsp3) is 0.647. The van der Waals surface area contributed by atoms with Crippen molar-refractivity contribution in [3.8, 4) is 5.75 Å². The Morgan fingerprint density at radius 3 is 2.30 bits per heavy atom. The molecular formula is C17H28N2O. The molecule has 1 aliphatic rings. The number of hydrogen-bond donors (Lipinski definition) is 1. The first-order chi connectivity index (χ1) is 9.52. The van der Waals surface area contributed by atoms with Gasteiger partial charge in [0.1, 0.15) is 5.75 Å². The van der Waals surface area contributed by atoms with Gasteiger partial charge in [0, 0.05) is 18.6 Å². The van der Waals surface area contributed by atoms with E-state index in [-0.39, 0.29) is 6.04 Å². The summed E-state index contributed by atoms with van der Waals surface area (Å²) in [6.07, 6.45) is 1.29. The molecule has 0 aromatic heterocycles. The van der Waals surface area contributed by atoms with Crippen LogP contribution in [0.1, 0.15) is 38.8 Å². The minimum atomic E-state index is 0.134. The zero-order chi connectivity index (χ0) is 14.7. The maximum Gasteiger partial charge on any atom is 0.118 e. The zero-order valence-corrected chi connectivity index (χ0v) is 13.2. The fourth-order valence-corrected chi connectivity index (χ4v) is 3.26. The number of ether oxygens (including phenoxy) is 1. The highest BCUT2D eigenvalue weighted by Gasteiger charge is 2.32. The van der Waals surface area contributed by atoms with Gasteiger partial charge in [0.05, 0.1) is 7.11 Å². The molecule has 1 aliphatic heterocycles. The van der Waals surface area contributed by atoms with E-state index in [1.807, 2.05) is 12.1 Å². The van der Waals surface area contributed by atoms with Crippen molar-refractivity contribution in [3.63, 3.8) is 0 Å². The lowest BCUT2D eigenvalue weighted by molar-refractivity contribution is 0.204. The lowest BCUT2D eigenvalue weighted by atomic mass is 9.95. The molecule has 2 rings (SSSR count). The molecule has 1 aromatic rings. The summed E-state index contributed by atoms with van der Waals surface area (Å²) in [5.41, 5.74) is 7.56. The summed E-state index contributed by atoms with van der Waals surface area (Å²) in [7, 11) is 1.70. The summed E-state index contributed by atoms with van der Waals surface area (Å²) in [6, 6.07) is 8.80. The third-order valence-corrected chi connectivity index (χ3v) is 4.55. The minimum Gasteiger partial charge on any atom is -0.497 e. The highest BCUT2D eigenvalue weighted by atomic mass is 16.5. The lowest BCUT2D eigenvalue weighted by Gasteiger charge is -2.32. The molecule has 3 nitrogen and oxygen atoms in total. The standard InChI is InChI=1S/C17H28N2O/c1-12(2)15-9-10-19(11-15)17(13(3)18)14-5-7-16(20-4)8-6-14/h5-8,12-13,15,17H,9-11,18H2,1-4H3. The lowest BCUT2D eigenvalue weighted by Crippen LogP contribution is -2.38. The van der Waals surface area contributed by atoms with Gasteiger partial charge in [-0.25, -0.2) is 0 Å². The van der Waals surface area contributed by atoms with E-state index < -0.39 is 0 Å². The Kier molecular flexibility index (Phi) is 5.06. The van der Waals surface area contributed by atoms with Crippen molar-refractivity contribution >= 4 is 0 Å². The molecule has 0 bridgehead atoms. The van der Waals surface area contributed by atoms with Crippen molar-refractivity contribution in [2.24, 2.45) is 17.6 Å². The molecule has 2 N–H and O–H groups in total. The van der Waals surface area contributed by atoms with Gasteiger partial charge in [-0.2, -0.15) is 0 Å². The average Bonchev–Trinajstić information content (AvgIpc) is 2.89. The smallest absolute Gasteiger partial charge is 0.118 e. The van der Waals surface area contributed by atoms with Crippen LogP contribution < -0.4 is 10.5 Å². The third kappa shape index (κ3) is 3.33. The molecule has 3 unspecified atom stereocenters. The molecule has 1 heterocycles. The molecule has 1 fully saturated rings. The van der Waals surface area contributed by atoms with Crippen LogP contribution >= 0.6 is 0 Å². The van der Waals surface area contributed by atoms with E-state index >= 15 is 0 Å². The van der Waals surface area contributed by atoms with Gasteiger partial charge in [-0.1, -0.05) is 26.0 Å². The maximum absolute atomic E-state index is 6.27. The predicted octanol–water partition coefficient (Wildman–Crippen LogP) is 3.06. The zero-order valence-electron chi connectivity index (χ0n) is 13.2. The van der Waals surface area contributed by atoms with Crippen molar-refractivity contribution in [1.82, 2.24) is 4.90 Å². The Bertz CT molecular complexity index is 414. The second-order valence-corrected chi connectivity index (χ2v) is 6.36. The molecule has 0 aliphatic carbocycles. The molecule has 1 aromatic carbocycles. The Morgan fingerprint density at radius 2 is 1.85 bits per heavy atom. The van der Waals surface area contributed by atoms with Crippen LogP contribution in [0, 0.1) is 11.8 Å². The van der Waals surface area contributed by atoms with E-state index in [1.165, 1.54) is 12.0 Å². The van der Waals surface area contributed by atoms with Crippen LogP contribution in [0.3, 0.4) is 0 Å². The number of rotatable bonds is 5. The summed E-state index contributed by atoms with van der Waals surface area (Å²) >= 11 is 0.